The zero-order chi connectivity index (χ0) is 22.6. The van der Waals surface area contributed by atoms with E-state index in [2.05, 4.69) is 6.58 Å². The molecule has 4 rings (SSSR count). The van der Waals surface area contributed by atoms with Crippen LogP contribution < -0.4 is 0 Å². The van der Waals surface area contributed by atoms with Crippen molar-refractivity contribution in [3.05, 3.63) is 12.7 Å². The molecule has 4 saturated carbocycles. The summed E-state index contributed by atoms with van der Waals surface area (Å²) in [6.45, 7) is 6.23. The Morgan fingerprint density at radius 3 is 2.33 bits per heavy atom. The lowest BCUT2D eigenvalue weighted by Gasteiger charge is -2.68. The lowest BCUT2D eigenvalue weighted by Crippen LogP contribution is -2.78. The molecule has 172 valence electrons. The van der Waals surface area contributed by atoms with Gasteiger partial charge in [-0.1, -0.05) is 13.0 Å². The molecule has 1 spiro atoms. The molecule has 0 amide bonds. The van der Waals surface area contributed by atoms with Gasteiger partial charge in [0.2, 0.25) is 5.60 Å². The summed E-state index contributed by atoms with van der Waals surface area (Å²) >= 11 is 0. The van der Waals surface area contributed by atoms with Crippen LogP contribution in [0.4, 0.5) is 22.0 Å². The molecule has 4 fully saturated rings. The fourth-order valence-corrected chi connectivity index (χ4v) is 6.05. The molecule has 0 aromatic carbocycles. The van der Waals surface area contributed by atoms with Crippen LogP contribution in [0, 0.1) is 17.3 Å². The Bertz CT molecular complexity index is 687. The first-order valence-electron chi connectivity index (χ1n) is 10.4. The van der Waals surface area contributed by atoms with Crippen molar-refractivity contribution in [3.63, 3.8) is 0 Å². The van der Waals surface area contributed by atoms with E-state index < -0.39 is 47.4 Å². The van der Waals surface area contributed by atoms with Crippen molar-refractivity contribution in [1.29, 1.82) is 0 Å². The van der Waals surface area contributed by atoms with E-state index in [-0.39, 0.29) is 18.4 Å². The monoisotopic (exact) mass is 440 g/mol. The number of carbonyl (C=O) groups excluding carboxylic acids is 1. The SMILES string of the molecule is C=CC(=O)OC1(C(F)(F)C(C)(OC(C)OCC)C(F)(F)F)C2CCCC3(C2)CC1C3. The molecule has 0 radical (unpaired) electrons. The minimum Gasteiger partial charge on any atom is -0.449 e. The number of carbonyl (C=O) groups is 1. The molecular formula is C21H29F5O4. The summed E-state index contributed by atoms with van der Waals surface area (Å²) in [5.41, 5.74) is -6.65. The first kappa shape index (κ1) is 23.4. The minimum atomic E-state index is -5.44. The highest BCUT2D eigenvalue weighted by atomic mass is 19.4. The molecule has 0 saturated heterocycles. The molecule has 4 aliphatic carbocycles. The number of hydrogen-bond acceptors (Lipinski definition) is 4. The van der Waals surface area contributed by atoms with Crippen LogP contribution in [-0.2, 0) is 19.0 Å². The standard InChI is InChI=1S/C21H29F5O4/c1-5-16(27)30-19(14-8-7-9-18(10-14)11-15(19)12-18)20(22,23)17(4,21(24,25)26)29-13(3)28-6-2/h5,13-15H,1,6-12H2,2-4H3. The predicted molar refractivity (Wildman–Crippen MR) is 97.7 cm³/mol. The highest BCUT2D eigenvalue weighted by Gasteiger charge is 2.83. The average Bonchev–Trinajstić information content (AvgIpc) is 2.62. The van der Waals surface area contributed by atoms with Gasteiger partial charge in [0.1, 0.15) is 0 Å². The van der Waals surface area contributed by atoms with Gasteiger partial charge in [-0.15, -0.1) is 0 Å². The van der Waals surface area contributed by atoms with Crippen LogP contribution in [0.15, 0.2) is 12.7 Å². The second kappa shape index (κ2) is 7.43. The van der Waals surface area contributed by atoms with Crippen molar-refractivity contribution in [3.8, 4) is 0 Å². The van der Waals surface area contributed by atoms with E-state index in [0.29, 0.717) is 32.6 Å². The Morgan fingerprint density at radius 1 is 1.20 bits per heavy atom. The summed E-state index contributed by atoms with van der Waals surface area (Å²) in [6.07, 6.45) is -3.55. The van der Waals surface area contributed by atoms with Crippen LogP contribution in [0.3, 0.4) is 0 Å². The van der Waals surface area contributed by atoms with E-state index in [0.717, 1.165) is 19.4 Å². The molecule has 4 atom stereocenters. The molecular weight excluding hydrogens is 411 g/mol. The first-order chi connectivity index (χ1) is 13.8. The van der Waals surface area contributed by atoms with Gasteiger partial charge in [0.25, 0.3) is 0 Å². The summed E-state index contributed by atoms with van der Waals surface area (Å²) in [7, 11) is 0. The normalized spacial score (nSPS) is 36.3. The minimum absolute atomic E-state index is 0.00889. The summed E-state index contributed by atoms with van der Waals surface area (Å²) in [5.74, 6) is -7.46. The van der Waals surface area contributed by atoms with E-state index >= 15 is 8.78 Å². The van der Waals surface area contributed by atoms with Crippen LogP contribution in [-0.4, -0.2) is 42.2 Å². The van der Waals surface area contributed by atoms with Crippen LogP contribution in [0.5, 0.6) is 0 Å². The maximum atomic E-state index is 16.3. The first-order valence-corrected chi connectivity index (χ1v) is 10.4. The third-order valence-electron chi connectivity index (χ3n) is 7.38. The molecule has 0 aliphatic heterocycles. The largest absolute Gasteiger partial charge is 0.449 e. The third kappa shape index (κ3) is 3.18. The average molecular weight is 440 g/mol. The molecule has 0 aromatic heterocycles. The number of ether oxygens (including phenoxy) is 3. The lowest BCUT2D eigenvalue weighted by molar-refractivity contribution is -0.423. The van der Waals surface area contributed by atoms with E-state index in [1.165, 1.54) is 6.92 Å². The molecule has 0 N–H and O–H groups in total. The third-order valence-corrected chi connectivity index (χ3v) is 7.38. The van der Waals surface area contributed by atoms with Gasteiger partial charge in [0.05, 0.1) is 0 Å². The predicted octanol–water partition coefficient (Wildman–Crippen LogP) is 5.41. The zero-order valence-corrected chi connectivity index (χ0v) is 17.5. The zero-order valence-electron chi connectivity index (χ0n) is 17.5. The number of alkyl halides is 5. The molecule has 4 nitrogen and oxygen atoms in total. The molecule has 30 heavy (non-hydrogen) atoms. The maximum absolute atomic E-state index is 16.3. The summed E-state index contributed by atoms with van der Waals surface area (Å²) in [4.78, 5) is 12.1. The van der Waals surface area contributed by atoms with Crippen molar-refractivity contribution >= 4 is 5.97 Å². The number of halogens is 5. The van der Waals surface area contributed by atoms with Gasteiger partial charge < -0.3 is 14.2 Å². The summed E-state index contributed by atoms with van der Waals surface area (Å²) < 4.78 is 90.2. The quantitative estimate of drug-likeness (QED) is 0.219. The van der Waals surface area contributed by atoms with Gasteiger partial charge in [0, 0.05) is 24.5 Å². The summed E-state index contributed by atoms with van der Waals surface area (Å²) in [6, 6.07) is 0. The lowest BCUT2D eigenvalue weighted by atomic mass is 9.40. The highest BCUT2D eigenvalue weighted by molar-refractivity contribution is 5.81. The molecule has 9 heteroatoms. The van der Waals surface area contributed by atoms with Gasteiger partial charge in [-0.05, 0) is 58.3 Å². The Hall–Kier alpha value is -1.22. The van der Waals surface area contributed by atoms with Gasteiger partial charge in [0.15, 0.2) is 11.9 Å². The second-order valence-corrected chi connectivity index (χ2v) is 9.06. The topological polar surface area (TPSA) is 44.8 Å². The number of hydrogen-bond donors (Lipinski definition) is 0. The smallest absolute Gasteiger partial charge is 0.423 e. The van der Waals surface area contributed by atoms with Crippen molar-refractivity contribution in [1.82, 2.24) is 0 Å². The Kier molecular flexibility index (Phi) is 5.81. The van der Waals surface area contributed by atoms with Crippen molar-refractivity contribution in [2.45, 2.75) is 88.9 Å². The molecule has 3 bridgehead atoms. The van der Waals surface area contributed by atoms with E-state index in [1.807, 2.05) is 0 Å². The van der Waals surface area contributed by atoms with E-state index in [9.17, 15) is 18.0 Å². The number of rotatable bonds is 8. The molecule has 4 aliphatic rings. The second-order valence-electron chi connectivity index (χ2n) is 9.06. The molecule has 0 aromatic rings. The number of esters is 1. The van der Waals surface area contributed by atoms with Crippen LogP contribution in [0.2, 0.25) is 0 Å². The van der Waals surface area contributed by atoms with Gasteiger partial charge >= 0.3 is 18.1 Å². The highest BCUT2D eigenvalue weighted by Crippen LogP contribution is 2.72. The Labute approximate surface area is 173 Å². The Morgan fingerprint density at radius 2 is 1.80 bits per heavy atom. The van der Waals surface area contributed by atoms with Gasteiger partial charge in [-0.3, -0.25) is 0 Å². The molecule has 4 unspecified atom stereocenters. The van der Waals surface area contributed by atoms with Crippen LogP contribution in [0.1, 0.15) is 59.3 Å². The van der Waals surface area contributed by atoms with Crippen molar-refractivity contribution < 1.29 is 41.0 Å². The van der Waals surface area contributed by atoms with Gasteiger partial charge in [-0.25, -0.2) is 4.79 Å². The fraction of sp³-hybridized carbons (Fsp3) is 0.857. The van der Waals surface area contributed by atoms with Gasteiger partial charge in [-0.2, -0.15) is 22.0 Å². The van der Waals surface area contributed by atoms with Crippen LogP contribution in [0.25, 0.3) is 0 Å². The molecule has 0 heterocycles. The van der Waals surface area contributed by atoms with Crippen molar-refractivity contribution in [2.24, 2.45) is 17.3 Å². The van der Waals surface area contributed by atoms with E-state index in [4.69, 9.17) is 14.2 Å². The fourth-order valence-electron chi connectivity index (χ4n) is 6.05. The Balaban J connectivity index is 2.12. The summed E-state index contributed by atoms with van der Waals surface area (Å²) in [5, 5.41) is 0. The van der Waals surface area contributed by atoms with Crippen LogP contribution >= 0.6 is 0 Å². The maximum Gasteiger partial charge on any atom is 0.423 e. The van der Waals surface area contributed by atoms with Crippen molar-refractivity contribution in [2.75, 3.05) is 6.61 Å². The van der Waals surface area contributed by atoms with E-state index in [1.54, 1.807) is 0 Å².